The van der Waals surface area contributed by atoms with Crippen molar-refractivity contribution in [2.45, 2.75) is 91.3 Å². The van der Waals surface area contributed by atoms with E-state index in [1.807, 2.05) is 32.9 Å². The Kier molecular flexibility index (Phi) is 13.5. The maximum Gasteiger partial charge on any atom is 0.306 e. The molecule has 0 spiro atoms. The number of nitrogens with zero attached hydrogens (tertiary/aromatic N) is 2. The number of rotatable bonds is 16. The van der Waals surface area contributed by atoms with Crippen LogP contribution in [0.1, 0.15) is 93.9 Å². The van der Waals surface area contributed by atoms with Gasteiger partial charge in [0.1, 0.15) is 18.5 Å². The van der Waals surface area contributed by atoms with Crippen LogP contribution in [-0.4, -0.2) is 65.7 Å². The quantitative estimate of drug-likeness (QED) is 0.226. The molecule has 0 bridgehead atoms. The molecule has 41 heavy (non-hydrogen) atoms. The third-order valence-electron chi connectivity index (χ3n) is 7.06. The van der Waals surface area contributed by atoms with Crippen LogP contribution in [0.2, 0.25) is 0 Å². The number of ether oxygens (including phenoxy) is 1. The van der Waals surface area contributed by atoms with Gasteiger partial charge >= 0.3 is 11.9 Å². The number of aliphatic carboxylic acids is 1. The van der Waals surface area contributed by atoms with Crippen LogP contribution in [0.25, 0.3) is 0 Å². The summed E-state index contributed by atoms with van der Waals surface area (Å²) in [6.45, 7) is 8.98. The maximum absolute atomic E-state index is 13.2. The Bertz CT molecular complexity index is 1170. The second kappa shape index (κ2) is 16.3. The van der Waals surface area contributed by atoms with Crippen LogP contribution < -0.4 is 10.8 Å². The van der Waals surface area contributed by atoms with Gasteiger partial charge in [0, 0.05) is 44.3 Å². The zero-order valence-electron chi connectivity index (χ0n) is 24.9. The number of carbonyl (C=O) groups is 4. The number of esters is 1. The molecule has 2 aromatic rings. The number of carbonyl (C=O) groups excluding carboxylic acids is 3. The molecule has 0 saturated carbocycles. The Hall–Kier alpha value is -3.21. The zero-order chi connectivity index (χ0) is 30.7. The van der Waals surface area contributed by atoms with Gasteiger partial charge in [-0.25, -0.2) is 4.98 Å². The fraction of sp³-hybridized carbons (Fsp3) is 0.567. The van der Waals surface area contributed by atoms with E-state index in [2.05, 4.69) is 10.3 Å². The first kappa shape index (κ1) is 34.0. The van der Waals surface area contributed by atoms with E-state index in [9.17, 15) is 24.3 Å². The van der Waals surface area contributed by atoms with Crippen molar-refractivity contribution in [2.24, 2.45) is 11.8 Å². The van der Waals surface area contributed by atoms with Gasteiger partial charge in [0.25, 0.3) is 5.91 Å². The van der Waals surface area contributed by atoms with E-state index in [1.165, 1.54) is 18.3 Å². The summed E-state index contributed by atoms with van der Waals surface area (Å²) in [6, 6.07) is 6.55. The van der Waals surface area contributed by atoms with Crippen molar-refractivity contribution in [2.75, 3.05) is 7.05 Å². The number of carboxylic acids is 1. The summed E-state index contributed by atoms with van der Waals surface area (Å²) in [5, 5.41) is 14.4. The number of amides is 2. The van der Waals surface area contributed by atoms with Crippen molar-refractivity contribution < 1.29 is 29.0 Å². The predicted octanol–water partition coefficient (Wildman–Crippen LogP) is 4.06. The average Bonchev–Trinajstić information content (AvgIpc) is 3.40. The third-order valence-corrected chi connectivity index (χ3v) is 7.99. The summed E-state index contributed by atoms with van der Waals surface area (Å²) in [5.74, 6) is -2.41. The van der Waals surface area contributed by atoms with Crippen LogP contribution in [0.3, 0.4) is 0 Å². The monoisotopic (exact) mass is 583 g/mol. The number of hydrogen-bond donors (Lipinski definition) is 2. The van der Waals surface area contributed by atoms with E-state index in [4.69, 9.17) is 12.6 Å². The van der Waals surface area contributed by atoms with Crippen molar-refractivity contribution in [1.29, 1.82) is 0 Å². The lowest BCUT2D eigenvalue weighted by Crippen LogP contribution is -2.41. The molecular formula is C30H42BN3O6S. The van der Waals surface area contributed by atoms with Gasteiger partial charge in [-0.05, 0) is 30.7 Å². The van der Waals surface area contributed by atoms with Crippen molar-refractivity contribution in [3.63, 3.8) is 0 Å². The van der Waals surface area contributed by atoms with Gasteiger partial charge in [-0.2, -0.15) is 0 Å². The van der Waals surface area contributed by atoms with Gasteiger partial charge < -0.3 is 20.1 Å². The molecule has 3 unspecified atom stereocenters. The van der Waals surface area contributed by atoms with E-state index in [0.29, 0.717) is 29.7 Å². The standard InChI is InChI=1S/C30H42BN3O6S/c1-7-8-9-27(36)34(6)25(18(2)3)16-26(40-20(5)35)29-33-24(17-41-29)28(37)32-23(14-19(4)30(38)39)15-21-10-12-22(31)13-11-21/h10-13,17-19,23,25-26H,7-9,14-16H2,1-6H3,(H,32,37)(H,38,39)/t19?,23-,25?,26?/m1/s1. The van der Waals surface area contributed by atoms with Gasteiger partial charge in [0.05, 0.1) is 5.92 Å². The summed E-state index contributed by atoms with van der Waals surface area (Å²) >= 11 is 1.21. The van der Waals surface area contributed by atoms with Crippen molar-refractivity contribution in [1.82, 2.24) is 15.2 Å². The van der Waals surface area contributed by atoms with E-state index >= 15 is 0 Å². The van der Waals surface area contributed by atoms with Gasteiger partial charge in [-0.1, -0.05) is 63.8 Å². The lowest BCUT2D eigenvalue weighted by molar-refractivity contribution is -0.148. The highest BCUT2D eigenvalue weighted by molar-refractivity contribution is 7.09. The molecule has 2 N–H and O–H groups in total. The third kappa shape index (κ3) is 10.9. The van der Waals surface area contributed by atoms with E-state index in [-0.39, 0.29) is 30.0 Å². The number of nitrogens with one attached hydrogen (secondary N) is 1. The number of aromatic nitrogens is 1. The van der Waals surface area contributed by atoms with Crippen molar-refractivity contribution in [3.8, 4) is 0 Å². The molecular weight excluding hydrogens is 541 g/mol. The molecule has 2 rings (SSSR count). The van der Waals surface area contributed by atoms with Crippen LogP contribution >= 0.6 is 11.3 Å². The fourth-order valence-electron chi connectivity index (χ4n) is 4.64. The number of benzene rings is 1. The molecule has 4 atom stereocenters. The lowest BCUT2D eigenvalue weighted by atomic mass is 9.92. The first-order valence-electron chi connectivity index (χ1n) is 14.1. The number of unbranched alkanes of at least 4 members (excludes halogenated alkanes) is 1. The van der Waals surface area contributed by atoms with E-state index < -0.39 is 35.9 Å². The predicted molar refractivity (Wildman–Crippen MR) is 160 cm³/mol. The maximum atomic E-state index is 13.2. The highest BCUT2D eigenvalue weighted by Gasteiger charge is 2.31. The Morgan fingerprint density at radius 2 is 1.78 bits per heavy atom. The molecule has 1 heterocycles. The molecule has 0 saturated heterocycles. The highest BCUT2D eigenvalue weighted by atomic mass is 32.1. The number of thiazole rings is 1. The minimum absolute atomic E-state index is 0.0362. The summed E-state index contributed by atoms with van der Waals surface area (Å²) in [7, 11) is 7.55. The molecule has 9 nitrogen and oxygen atoms in total. The minimum Gasteiger partial charge on any atom is -0.481 e. The number of hydrogen-bond acceptors (Lipinski definition) is 7. The first-order valence-corrected chi connectivity index (χ1v) is 15.0. The SMILES string of the molecule is [B]c1ccc(C[C@@H](CC(C)C(=O)O)NC(=O)c2csc(C(CC(C(C)C)N(C)C(=O)CCCC)OC(C)=O)n2)cc1. The molecule has 0 fully saturated rings. The highest BCUT2D eigenvalue weighted by Crippen LogP contribution is 2.30. The summed E-state index contributed by atoms with van der Waals surface area (Å²) in [6.07, 6.45) is 2.44. The van der Waals surface area contributed by atoms with Crippen LogP contribution in [0.5, 0.6) is 0 Å². The second-order valence-corrected chi connectivity index (χ2v) is 11.8. The largest absolute Gasteiger partial charge is 0.481 e. The normalized spacial score (nSPS) is 14.1. The van der Waals surface area contributed by atoms with Crippen LogP contribution in [0.4, 0.5) is 0 Å². The summed E-state index contributed by atoms with van der Waals surface area (Å²) < 4.78 is 5.63. The van der Waals surface area contributed by atoms with Gasteiger partial charge in [0.15, 0.2) is 6.10 Å². The average molecular weight is 584 g/mol. The van der Waals surface area contributed by atoms with Gasteiger partial charge in [0.2, 0.25) is 5.91 Å². The van der Waals surface area contributed by atoms with Crippen molar-refractivity contribution >= 4 is 48.4 Å². The Balaban J connectivity index is 2.24. The molecule has 2 amide bonds. The van der Waals surface area contributed by atoms with Crippen LogP contribution in [0.15, 0.2) is 29.6 Å². The van der Waals surface area contributed by atoms with E-state index in [1.54, 1.807) is 36.4 Å². The summed E-state index contributed by atoms with van der Waals surface area (Å²) in [5.41, 5.74) is 1.68. The van der Waals surface area contributed by atoms with Gasteiger partial charge in [-0.3, -0.25) is 19.2 Å². The number of carboxylic acid groups (broad SMARTS) is 1. The Labute approximate surface area is 248 Å². The van der Waals surface area contributed by atoms with Crippen LogP contribution in [-0.2, 0) is 25.5 Å². The molecule has 1 aromatic carbocycles. The molecule has 0 aliphatic carbocycles. The van der Waals surface area contributed by atoms with Crippen molar-refractivity contribution in [3.05, 3.63) is 45.9 Å². The molecule has 11 heteroatoms. The molecule has 1 aromatic heterocycles. The minimum atomic E-state index is -0.945. The zero-order valence-corrected chi connectivity index (χ0v) is 25.7. The lowest BCUT2D eigenvalue weighted by Gasteiger charge is -2.33. The summed E-state index contributed by atoms with van der Waals surface area (Å²) in [4.78, 5) is 55.8. The van der Waals surface area contributed by atoms with E-state index in [0.717, 1.165) is 18.4 Å². The topological polar surface area (TPSA) is 126 Å². The first-order chi connectivity index (χ1) is 19.3. The molecule has 222 valence electrons. The smallest absolute Gasteiger partial charge is 0.306 e. The second-order valence-electron chi connectivity index (χ2n) is 10.9. The Morgan fingerprint density at radius 3 is 2.34 bits per heavy atom. The van der Waals surface area contributed by atoms with Gasteiger partial charge in [-0.15, -0.1) is 11.3 Å². The molecule has 0 aliphatic heterocycles. The fourth-order valence-corrected chi connectivity index (χ4v) is 5.48. The van der Waals surface area contributed by atoms with Crippen LogP contribution in [0, 0.1) is 11.8 Å². The molecule has 0 aliphatic rings. The molecule has 2 radical (unpaired) electrons. The Morgan fingerprint density at radius 1 is 1.12 bits per heavy atom.